The lowest BCUT2D eigenvalue weighted by molar-refractivity contribution is 0.0479. The molecule has 1 saturated heterocycles. The van der Waals surface area contributed by atoms with Crippen molar-refractivity contribution in [3.8, 4) is 0 Å². The molecule has 2 aromatic rings. The molecular weight excluding hydrogens is 330 g/mol. The lowest BCUT2D eigenvalue weighted by Gasteiger charge is -2.36. The zero-order chi connectivity index (χ0) is 17.9. The number of likely N-dealkylation sites (tertiary alicyclic amines) is 1. The minimum Gasteiger partial charge on any atom is -0.445 e. The molecule has 0 bridgehead atoms. The van der Waals surface area contributed by atoms with Crippen LogP contribution in [-0.2, 0) is 17.9 Å². The van der Waals surface area contributed by atoms with Gasteiger partial charge in [0.1, 0.15) is 6.61 Å². The number of amides is 2. The second kappa shape index (κ2) is 7.15. The Bertz CT molecular complexity index is 809. The number of pyridine rings is 1. The van der Waals surface area contributed by atoms with E-state index in [4.69, 9.17) is 4.74 Å². The molecule has 6 nitrogen and oxygen atoms in total. The molecule has 1 atom stereocenters. The minimum atomic E-state index is -0.319. The van der Waals surface area contributed by atoms with Gasteiger partial charge in [0.2, 0.25) is 0 Å². The van der Waals surface area contributed by atoms with Crippen molar-refractivity contribution in [2.45, 2.75) is 32.0 Å². The third kappa shape index (κ3) is 3.27. The molecule has 0 unspecified atom stereocenters. The summed E-state index contributed by atoms with van der Waals surface area (Å²) in [4.78, 5) is 32.9. The molecule has 26 heavy (non-hydrogen) atoms. The van der Waals surface area contributed by atoms with Crippen LogP contribution in [0.1, 0.15) is 34.5 Å². The van der Waals surface area contributed by atoms with Crippen molar-refractivity contribution >= 4 is 12.0 Å². The largest absolute Gasteiger partial charge is 0.445 e. The highest BCUT2D eigenvalue weighted by Crippen LogP contribution is 2.26. The maximum atomic E-state index is 12.6. The van der Waals surface area contributed by atoms with E-state index in [1.165, 1.54) is 0 Å². The summed E-state index contributed by atoms with van der Waals surface area (Å²) in [5, 5.41) is 0. The van der Waals surface area contributed by atoms with E-state index in [1.54, 1.807) is 17.2 Å². The zero-order valence-electron chi connectivity index (χ0n) is 14.5. The van der Waals surface area contributed by atoms with E-state index >= 15 is 0 Å². The Hall–Kier alpha value is -2.89. The van der Waals surface area contributed by atoms with E-state index in [9.17, 15) is 9.59 Å². The fourth-order valence-corrected chi connectivity index (χ4v) is 3.63. The van der Waals surface area contributed by atoms with Crippen LogP contribution in [0.3, 0.4) is 0 Å². The van der Waals surface area contributed by atoms with E-state index in [1.807, 2.05) is 41.3 Å². The molecule has 2 aliphatic heterocycles. The van der Waals surface area contributed by atoms with Gasteiger partial charge in [0.25, 0.3) is 5.91 Å². The highest BCUT2D eigenvalue weighted by molar-refractivity contribution is 5.98. The standard InChI is InChI=1S/C20H21N3O3/c24-19-17-9-4-10-21-18(17)13-23(19)16-8-5-11-22(12-16)20(25)26-14-15-6-2-1-3-7-15/h1-4,6-7,9-10,16H,5,8,11-14H2/t16-/m0/s1. The minimum absolute atomic E-state index is 0.00900. The summed E-state index contributed by atoms with van der Waals surface area (Å²) in [6.07, 6.45) is 3.14. The van der Waals surface area contributed by atoms with Gasteiger partial charge in [0.05, 0.1) is 23.8 Å². The van der Waals surface area contributed by atoms with Gasteiger partial charge in [-0.1, -0.05) is 30.3 Å². The smallest absolute Gasteiger partial charge is 0.410 e. The highest BCUT2D eigenvalue weighted by Gasteiger charge is 2.36. The van der Waals surface area contributed by atoms with Gasteiger partial charge in [-0.05, 0) is 30.5 Å². The summed E-state index contributed by atoms with van der Waals surface area (Å²) >= 11 is 0. The molecule has 0 saturated carbocycles. The normalized spacial score (nSPS) is 19.4. The second-order valence-electron chi connectivity index (χ2n) is 6.71. The maximum absolute atomic E-state index is 12.6. The molecule has 3 heterocycles. The number of rotatable bonds is 3. The number of nitrogens with zero attached hydrogens (tertiary/aromatic N) is 3. The molecule has 2 aliphatic rings. The predicted octanol–water partition coefficient (Wildman–Crippen LogP) is 2.84. The topological polar surface area (TPSA) is 62.7 Å². The SMILES string of the molecule is O=C(OCc1ccccc1)N1CCC[C@H](N2Cc3ncccc3C2=O)C1. The molecule has 2 amide bonds. The average Bonchev–Trinajstić information content (AvgIpc) is 3.04. The van der Waals surface area contributed by atoms with E-state index in [0.29, 0.717) is 25.2 Å². The van der Waals surface area contributed by atoms with Gasteiger partial charge in [-0.2, -0.15) is 0 Å². The van der Waals surface area contributed by atoms with Gasteiger partial charge in [-0.3, -0.25) is 9.78 Å². The predicted molar refractivity (Wildman–Crippen MR) is 95.3 cm³/mol. The van der Waals surface area contributed by atoms with Gasteiger partial charge < -0.3 is 14.5 Å². The number of hydrogen-bond acceptors (Lipinski definition) is 4. The fourth-order valence-electron chi connectivity index (χ4n) is 3.63. The summed E-state index contributed by atoms with van der Waals surface area (Å²) in [5.41, 5.74) is 2.46. The third-order valence-electron chi connectivity index (χ3n) is 5.00. The van der Waals surface area contributed by atoms with E-state index in [-0.39, 0.29) is 24.6 Å². The second-order valence-corrected chi connectivity index (χ2v) is 6.71. The fraction of sp³-hybridized carbons (Fsp3) is 0.350. The lowest BCUT2D eigenvalue weighted by Crippen LogP contribution is -2.50. The van der Waals surface area contributed by atoms with Gasteiger partial charge in [0.15, 0.2) is 0 Å². The Labute approximate surface area is 152 Å². The molecule has 0 spiro atoms. The maximum Gasteiger partial charge on any atom is 0.410 e. The van der Waals surface area contributed by atoms with Crippen LogP contribution in [0, 0.1) is 0 Å². The Balaban J connectivity index is 1.37. The first kappa shape index (κ1) is 16.6. The van der Waals surface area contributed by atoms with Gasteiger partial charge >= 0.3 is 6.09 Å². The van der Waals surface area contributed by atoms with Crippen LogP contribution in [-0.4, -0.2) is 45.9 Å². The van der Waals surface area contributed by atoms with Crippen molar-refractivity contribution in [1.82, 2.24) is 14.8 Å². The number of fused-ring (bicyclic) bond motifs is 1. The lowest BCUT2D eigenvalue weighted by atomic mass is 10.0. The van der Waals surface area contributed by atoms with Crippen LogP contribution in [0.4, 0.5) is 4.79 Å². The number of carbonyl (C=O) groups excluding carboxylic acids is 2. The number of aromatic nitrogens is 1. The van der Waals surface area contributed by atoms with Crippen molar-refractivity contribution in [2.24, 2.45) is 0 Å². The summed E-state index contributed by atoms with van der Waals surface area (Å²) in [7, 11) is 0. The number of piperidine rings is 1. The van der Waals surface area contributed by atoms with Crippen LogP contribution >= 0.6 is 0 Å². The third-order valence-corrected chi connectivity index (χ3v) is 5.00. The van der Waals surface area contributed by atoms with Crippen molar-refractivity contribution in [2.75, 3.05) is 13.1 Å². The van der Waals surface area contributed by atoms with Crippen molar-refractivity contribution in [3.05, 3.63) is 65.5 Å². The molecule has 1 aromatic heterocycles. The van der Waals surface area contributed by atoms with Crippen molar-refractivity contribution < 1.29 is 14.3 Å². The van der Waals surface area contributed by atoms with Gasteiger partial charge in [-0.15, -0.1) is 0 Å². The molecule has 1 aromatic carbocycles. The summed E-state index contributed by atoms with van der Waals surface area (Å²) < 4.78 is 5.44. The molecule has 0 radical (unpaired) electrons. The molecule has 6 heteroatoms. The van der Waals surface area contributed by atoms with Gasteiger partial charge in [-0.25, -0.2) is 4.79 Å². The number of ether oxygens (including phenoxy) is 1. The number of benzene rings is 1. The van der Waals surface area contributed by atoms with Crippen LogP contribution in [0.25, 0.3) is 0 Å². The Morgan fingerprint density at radius 1 is 1.19 bits per heavy atom. The Kier molecular flexibility index (Phi) is 4.56. The molecular formula is C20H21N3O3. The monoisotopic (exact) mass is 351 g/mol. The van der Waals surface area contributed by atoms with Gasteiger partial charge in [0, 0.05) is 19.3 Å². The van der Waals surface area contributed by atoms with Crippen LogP contribution in [0.15, 0.2) is 48.7 Å². The van der Waals surface area contributed by atoms with E-state index in [2.05, 4.69) is 4.98 Å². The van der Waals surface area contributed by atoms with E-state index in [0.717, 1.165) is 24.1 Å². The average molecular weight is 351 g/mol. The quantitative estimate of drug-likeness (QED) is 0.853. The molecule has 134 valence electrons. The molecule has 1 fully saturated rings. The summed E-state index contributed by atoms with van der Waals surface area (Å²) in [6, 6.07) is 13.2. The first-order chi connectivity index (χ1) is 12.7. The highest BCUT2D eigenvalue weighted by atomic mass is 16.6. The zero-order valence-corrected chi connectivity index (χ0v) is 14.5. The Morgan fingerprint density at radius 3 is 2.85 bits per heavy atom. The van der Waals surface area contributed by atoms with Crippen molar-refractivity contribution in [3.63, 3.8) is 0 Å². The van der Waals surface area contributed by atoms with Crippen LogP contribution < -0.4 is 0 Å². The summed E-state index contributed by atoms with van der Waals surface area (Å²) in [6.45, 7) is 1.95. The summed E-state index contributed by atoms with van der Waals surface area (Å²) in [5.74, 6) is 0.0117. The van der Waals surface area contributed by atoms with Crippen molar-refractivity contribution in [1.29, 1.82) is 0 Å². The first-order valence-electron chi connectivity index (χ1n) is 8.93. The molecule has 0 aliphatic carbocycles. The Morgan fingerprint density at radius 2 is 2.04 bits per heavy atom. The number of hydrogen-bond donors (Lipinski definition) is 0. The van der Waals surface area contributed by atoms with Crippen LogP contribution in [0.2, 0.25) is 0 Å². The number of carbonyl (C=O) groups is 2. The van der Waals surface area contributed by atoms with E-state index < -0.39 is 0 Å². The molecule has 4 rings (SSSR count). The molecule has 0 N–H and O–H groups in total. The first-order valence-corrected chi connectivity index (χ1v) is 8.93. The van der Waals surface area contributed by atoms with Crippen LogP contribution in [0.5, 0.6) is 0 Å².